The van der Waals surface area contributed by atoms with Crippen LogP contribution in [0.5, 0.6) is 0 Å². The predicted octanol–water partition coefficient (Wildman–Crippen LogP) is 1.88. The molecule has 2 rings (SSSR count). The average molecular weight is 228 g/mol. The zero-order chi connectivity index (χ0) is 10.5. The van der Waals surface area contributed by atoms with E-state index in [9.17, 15) is 0 Å². The summed E-state index contributed by atoms with van der Waals surface area (Å²) in [5, 5.41) is 4.62. The maximum absolute atomic E-state index is 5.34. The van der Waals surface area contributed by atoms with Crippen molar-refractivity contribution in [2.75, 3.05) is 25.5 Å². The summed E-state index contributed by atoms with van der Waals surface area (Å²) < 4.78 is 5.34. The normalized spacial score (nSPS) is 30.7. The van der Waals surface area contributed by atoms with Gasteiger partial charge in [0.1, 0.15) is 0 Å². The lowest BCUT2D eigenvalue weighted by Crippen LogP contribution is -2.26. The van der Waals surface area contributed by atoms with Crippen molar-refractivity contribution in [2.24, 2.45) is 10.9 Å². The summed E-state index contributed by atoms with van der Waals surface area (Å²) in [6, 6.07) is 0.642. The van der Waals surface area contributed by atoms with Crippen LogP contribution in [0.1, 0.15) is 26.2 Å². The van der Waals surface area contributed by atoms with Crippen molar-refractivity contribution in [3.8, 4) is 0 Å². The molecular weight excluding hydrogens is 208 g/mol. The van der Waals surface area contributed by atoms with Crippen LogP contribution in [0.15, 0.2) is 4.99 Å². The molecule has 1 unspecified atom stereocenters. The van der Waals surface area contributed by atoms with Gasteiger partial charge < -0.3 is 10.1 Å². The Morgan fingerprint density at radius 1 is 1.47 bits per heavy atom. The minimum absolute atomic E-state index is 0.642. The van der Waals surface area contributed by atoms with E-state index in [1.807, 2.05) is 11.8 Å². The fraction of sp³-hybridized carbons (Fsp3) is 0.909. The quantitative estimate of drug-likeness (QED) is 0.801. The van der Waals surface area contributed by atoms with Crippen LogP contribution in [0.2, 0.25) is 0 Å². The first-order valence-electron chi connectivity index (χ1n) is 5.90. The highest BCUT2D eigenvalue weighted by atomic mass is 32.2. The van der Waals surface area contributed by atoms with E-state index >= 15 is 0 Å². The second-order valence-corrected chi connectivity index (χ2v) is 5.27. The summed E-state index contributed by atoms with van der Waals surface area (Å²) in [6.07, 6.45) is 3.56. The highest BCUT2D eigenvalue weighted by Gasteiger charge is 2.19. The van der Waals surface area contributed by atoms with Gasteiger partial charge in [-0.1, -0.05) is 18.7 Å². The molecule has 2 aliphatic rings. The highest BCUT2D eigenvalue weighted by Crippen LogP contribution is 2.18. The first-order chi connectivity index (χ1) is 7.38. The fourth-order valence-corrected chi connectivity index (χ4v) is 2.98. The van der Waals surface area contributed by atoms with Crippen LogP contribution in [0.4, 0.5) is 0 Å². The zero-order valence-electron chi connectivity index (χ0n) is 9.37. The molecule has 3 nitrogen and oxygen atoms in total. The fourth-order valence-electron chi connectivity index (χ4n) is 1.89. The van der Waals surface area contributed by atoms with Gasteiger partial charge in [-0.05, 0) is 25.2 Å². The van der Waals surface area contributed by atoms with Gasteiger partial charge in [-0.3, -0.25) is 4.99 Å². The van der Waals surface area contributed by atoms with Crippen LogP contribution in [0.3, 0.4) is 0 Å². The summed E-state index contributed by atoms with van der Waals surface area (Å²) in [4.78, 5) is 4.66. The molecule has 0 aromatic carbocycles. The van der Waals surface area contributed by atoms with Gasteiger partial charge in [-0.2, -0.15) is 0 Å². The first kappa shape index (κ1) is 11.3. The first-order valence-corrected chi connectivity index (χ1v) is 6.88. The Labute approximate surface area is 96.1 Å². The Morgan fingerprint density at radius 3 is 2.93 bits per heavy atom. The molecular formula is C11H20N2OS. The number of rotatable bonds is 3. The standard InChI is InChI=1S/C11H20N2OS/c1-2-10-8-15-11(13-10)12-7-9-3-5-14-6-4-9/h9-10H,2-8H2,1H3,(H,12,13). The smallest absolute Gasteiger partial charge is 0.156 e. The largest absolute Gasteiger partial charge is 0.381 e. The molecule has 0 saturated carbocycles. The zero-order valence-corrected chi connectivity index (χ0v) is 10.2. The van der Waals surface area contributed by atoms with E-state index in [-0.39, 0.29) is 0 Å². The number of nitrogens with zero attached hydrogens (tertiary/aromatic N) is 1. The summed E-state index contributed by atoms with van der Waals surface area (Å²) in [6.45, 7) is 5.05. The van der Waals surface area contributed by atoms with Gasteiger partial charge in [0.25, 0.3) is 0 Å². The van der Waals surface area contributed by atoms with Gasteiger partial charge in [-0.15, -0.1) is 0 Å². The maximum Gasteiger partial charge on any atom is 0.156 e. The van der Waals surface area contributed by atoms with Crippen molar-refractivity contribution in [1.29, 1.82) is 0 Å². The van der Waals surface area contributed by atoms with E-state index in [0.717, 1.165) is 30.8 Å². The molecule has 0 amide bonds. The number of amidine groups is 1. The van der Waals surface area contributed by atoms with Gasteiger partial charge in [0.15, 0.2) is 5.17 Å². The average Bonchev–Trinajstić information content (AvgIpc) is 2.76. The molecule has 1 N–H and O–H groups in total. The SMILES string of the molecule is CCC1CSC(=NCC2CCOCC2)N1. The van der Waals surface area contributed by atoms with E-state index in [1.54, 1.807) is 0 Å². The molecule has 86 valence electrons. The Hall–Kier alpha value is -0.220. The van der Waals surface area contributed by atoms with Crippen molar-refractivity contribution in [3.05, 3.63) is 0 Å². The van der Waals surface area contributed by atoms with Gasteiger partial charge in [0, 0.05) is 31.6 Å². The topological polar surface area (TPSA) is 33.6 Å². The molecule has 0 radical (unpaired) electrons. The van der Waals surface area contributed by atoms with E-state index in [0.29, 0.717) is 6.04 Å². The van der Waals surface area contributed by atoms with Crippen molar-refractivity contribution in [3.63, 3.8) is 0 Å². The Morgan fingerprint density at radius 2 is 2.27 bits per heavy atom. The molecule has 2 heterocycles. The third-order valence-corrected chi connectivity index (χ3v) is 4.17. The lowest BCUT2D eigenvalue weighted by Gasteiger charge is -2.20. The number of aliphatic imine (C=N–C) groups is 1. The molecule has 2 fully saturated rings. The predicted molar refractivity (Wildman–Crippen MR) is 65.5 cm³/mol. The van der Waals surface area contributed by atoms with E-state index in [2.05, 4.69) is 17.2 Å². The van der Waals surface area contributed by atoms with Crippen LogP contribution in [0, 0.1) is 5.92 Å². The third-order valence-electron chi connectivity index (χ3n) is 3.08. The maximum atomic E-state index is 5.34. The lowest BCUT2D eigenvalue weighted by atomic mass is 10.0. The number of hydrogen-bond acceptors (Lipinski definition) is 3. The molecule has 2 aliphatic heterocycles. The molecule has 0 aromatic rings. The lowest BCUT2D eigenvalue weighted by molar-refractivity contribution is 0.0689. The van der Waals surface area contributed by atoms with E-state index in [4.69, 9.17) is 4.74 Å². The van der Waals surface area contributed by atoms with Crippen LogP contribution in [-0.2, 0) is 4.74 Å². The third kappa shape index (κ3) is 3.38. The van der Waals surface area contributed by atoms with Crippen LogP contribution in [-0.4, -0.2) is 36.7 Å². The molecule has 2 saturated heterocycles. The molecule has 0 spiro atoms. The van der Waals surface area contributed by atoms with Crippen molar-refractivity contribution < 1.29 is 4.74 Å². The monoisotopic (exact) mass is 228 g/mol. The number of ether oxygens (including phenoxy) is 1. The Kier molecular flexibility index (Phi) is 4.32. The van der Waals surface area contributed by atoms with Gasteiger partial charge >= 0.3 is 0 Å². The van der Waals surface area contributed by atoms with E-state index in [1.165, 1.54) is 25.0 Å². The summed E-state index contributed by atoms with van der Waals surface area (Å²) in [5.41, 5.74) is 0. The number of hydrogen-bond donors (Lipinski definition) is 1. The molecule has 4 heteroatoms. The molecule has 15 heavy (non-hydrogen) atoms. The number of thioether (sulfide) groups is 1. The molecule has 0 aromatic heterocycles. The number of nitrogens with one attached hydrogen (secondary N) is 1. The molecule has 0 bridgehead atoms. The van der Waals surface area contributed by atoms with Crippen molar-refractivity contribution >= 4 is 16.9 Å². The Bertz CT molecular complexity index is 227. The molecule has 0 aliphatic carbocycles. The molecule has 1 atom stereocenters. The van der Waals surface area contributed by atoms with Crippen LogP contribution in [0.25, 0.3) is 0 Å². The second-order valence-electron chi connectivity index (χ2n) is 4.26. The van der Waals surface area contributed by atoms with Crippen molar-refractivity contribution in [2.45, 2.75) is 32.2 Å². The van der Waals surface area contributed by atoms with E-state index < -0.39 is 0 Å². The van der Waals surface area contributed by atoms with Crippen molar-refractivity contribution in [1.82, 2.24) is 5.32 Å². The van der Waals surface area contributed by atoms with Gasteiger partial charge in [0.05, 0.1) is 0 Å². The highest BCUT2D eigenvalue weighted by molar-refractivity contribution is 8.14. The van der Waals surface area contributed by atoms with Gasteiger partial charge in [-0.25, -0.2) is 0 Å². The summed E-state index contributed by atoms with van der Waals surface area (Å²) >= 11 is 1.87. The Balaban J connectivity index is 1.73. The summed E-state index contributed by atoms with van der Waals surface area (Å²) in [5.74, 6) is 1.93. The second kappa shape index (κ2) is 5.75. The summed E-state index contributed by atoms with van der Waals surface area (Å²) in [7, 11) is 0. The minimum Gasteiger partial charge on any atom is -0.381 e. The van der Waals surface area contributed by atoms with Gasteiger partial charge in [0.2, 0.25) is 0 Å². The minimum atomic E-state index is 0.642. The van der Waals surface area contributed by atoms with Crippen LogP contribution >= 0.6 is 11.8 Å². The van der Waals surface area contributed by atoms with Crippen LogP contribution < -0.4 is 5.32 Å².